The van der Waals surface area contributed by atoms with Gasteiger partial charge in [0.15, 0.2) is 0 Å². The molecule has 94 valence electrons. The molecule has 0 aliphatic carbocycles. The van der Waals surface area contributed by atoms with E-state index in [2.05, 4.69) is 17.3 Å². The number of rotatable bonds is 4. The number of carbonyl (C=O) groups is 1. The van der Waals surface area contributed by atoms with E-state index in [1.165, 1.54) is 19.4 Å². The number of piperidine rings is 1. The molecule has 0 aromatic rings. The SMILES string of the molecule is CN1CCCC(CCNC(=O)C(C)(C)N)C1. The summed E-state index contributed by atoms with van der Waals surface area (Å²) in [6.07, 6.45) is 3.62. The number of likely N-dealkylation sites (tertiary alicyclic amines) is 1. The molecule has 16 heavy (non-hydrogen) atoms. The first-order valence-corrected chi connectivity index (χ1v) is 6.15. The van der Waals surface area contributed by atoms with Crippen LogP contribution in [0.3, 0.4) is 0 Å². The third-order valence-corrected chi connectivity index (χ3v) is 3.15. The molecule has 4 nitrogen and oxygen atoms in total. The average Bonchev–Trinajstić information content (AvgIpc) is 2.16. The normalized spacial score (nSPS) is 23.1. The molecule has 0 radical (unpaired) electrons. The second-order valence-corrected chi connectivity index (χ2v) is 5.54. The Hall–Kier alpha value is -0.610. The third-order valence-electron chi connectivity index (χ3n) is 3.15. The summed E-state index contributed by atoms with van der Waals surface area (Å²) in [6, 6.07) is 0. The lowest BCUT2D eigenvalue weighted by Gasteiger charge is -2.30. The first-order chi connectivity index (χ1) is 7.39. The lowest BCUT2D eigenvalue weighted by atomic mass is 9.95. The predicted octanol–water partition coefficient (Wildman–Crippen LogP) is 0.572. The Balaban J connectivity index is 2.18. The van der Waals surface area contributed by atoms with Gasteiger partial charge in [-0.15, -0.1) is 0 Å². The van der Waals surface area contributed by atoms with Crippen LogP contribution in [-0.4, -0.2) is 43.0 Å². The Morgan fingerprint density at radius 1 is 1.56 bits per heavy atom. The fraction of sp³-hybridized carbons (Fsp3) is 0.917. The number of amides is 1. The van der Waals surface area contributed by atoms with Gasteiger partial charge in [0.2, 0.25) is 5.91 Å². The van der Waals surface area contributed by atoms with E-state index in [1.807, 2.05) is 0 Å². The van der Waals surface area contributed by atoms with Crippen molar-refractivity contribution < 1.29 is 4.79 Å². The summed E-state index contributed by atoms with van der Waals surface area (Å²) in [5.74, 6) is 0.664. The largest absolute Gasteiger partial charge is 0.355 e. The number of hydrogen-bond acceptors (Lipinski definition) is 3. The zero-order chi connectivity index (χ0) is 12.2. The van der Waals surface area contributed by atoms with Gasteiger partial charge in [0.25, 0.3) is 0 Å². The molecule has 1 saturated heterocycles. The molecule has 1 rings (SSSR count). The maximum atomic E-state index is 11.5. The van der Waals surface area contributed by atoms with E-state index in [4.69, 9.17) is 5.73 Å². The number of nitrogens with one attached hydrogen (secondary N) is 1. The minimum absolute atomic E-state index is 0.0586. The molecule has 3 N–H and O–H groups in total. The maximum absolute atomic E-state index is 11.5. The molecule has 4 heteroatoms. The summed E-state index contributed by atoms with van der Waals surface area (Å²) in [4.78, 5) is 13.9. The summed E-state index contributed by atoms with van der Waals surface area (Å²) in [5, 5.41) is 2.90. The molecule has 1 heterocycles. The monoisotopic (exact) mass is 227 g/mol. The van der Waals surface area contributed by atoms with Gasteiger partial charge in [-0.25, -0.2) is 0 Å². The fourth-order valence-corrected chi connectivity index (χ4v) is 2.13. The van der Waals surface area contributed by atoms with E-state index in [0.717, 1.165) is 25.4 Å². The van der Waals surface area contributed by atoms with E-state index in [9.17, 15) is 4.79 Å². The van der Waals surface area contributed by atoms with E-state index in [0.29, 0.717) is 0 Å². The maximum Gasteiger partial charge on any atom is 0.239 e. The highest BCUT2D eigenvalue weighted by molar-refractivity contribution is 5.84. The zero-order valence-corrected chi connectivity index (χ0v) is 10.8. The molecule has 1 unspecified atom stereocenters. The number of hydrogen-bond donors (Lipinski definition) is 2. The second kappa shape index (κ2) is 5.64. The van der Waals surface area contributed by atoms with Crippen LogP contribution in [-0.2, 0) is 4.79 Å². The van der Waals surface area contributed by atoms with Crippen LogP contribution in [0.1, 0.15) is 33.1 Å². The van der Waals surface area contributed by atoms with Crippen LogP contribution in [0, 0.1) is 5.92 Å². The molecular formula is C12H25N3O. The molecule has 1 aliphatic heterocycles. The van der Waals surface area contributed by atoms with Crippen molar-refractivity contribution in [2.75, 3.05) is 26.7 Å². The highest BCUT2D eigenvalue weighted by Crippen LogP contribution is 2.17. The minimum atomic E-state index is -0.761. The van der Waals surface area contributed by atoms with Crippen LogP contribution in [0.2, 0.25) is 0 Å². The second-order valence-electron chi connectivity index (χ2n) is 5.54. The molecule has 0 aromatic heterocycles. The van der Waals surface area contributed by atoms with Crippen LogP contribution >= 0.6 is 0 Å². The van der Waals surface area contributed by atoms with Crippen LogP contribution in [0.15, 0.2) is 0 Å². The highest BCUT2D eigenvalue weighted by Gasteiger charge is 2.22. The summed E-state index contributed by atoms with van der Waals surface area (Å²) >= 11 is 0. The Morgan fingerprint density at radius 2 is 2.25 bits per heavy atom. The summed E-state index contributed by atoms with van der Waals surface area (Å²) < 4.78 is 0. The van der Waals surface area contributed by atoms with Crippen LogP contribution in [0.25, 0.3) is 0 Å². The fourth-order valence-electron chi connectivity index (χ4n) is 2.13. The van der Waals surface area contributed by atoms with Crippen molar-refractivity contribution in [3.63, 3.8) is 0 Å². The molecule has 0 saturated carbocycles. The summed E-state index contributed by atoms with van der Waals surface area (Å²) in [5.41, 5.74) is 4.94. The van der Waals surface area contributed by atoms with Crippen molar-refractivity contribution in [3.8, 4) is 0 Å². The number of nitrogens with zero attached hydrogens (tertiary/aromatic N) is 1. The van der Waals surface area contributed by atoms with Crippen molar-refractivity contribution in [2.45, 2.75) is 38.6 Å². The van der Waals surface area contributed by atoms with Gasteiger partial charge in [0, 0.05) is 13.1 Å². The summed E-state index contributed by atoms with van der Waals surface area (Å²) in [7, 11) is 2.16. The van der Waals surface area contributed by atoms with Crippen molar-refractivity contribution in [2.24, 2.45) is 11.7 Å². The smallest absolute Gasteiger partial charge is 0.239 e. The molecule has 1 atom stereocenters. The van der Waals surface area contributed by atoms with Gasteiger partial charge < -0.3 is 16.0 Å². The number of carbonyl (C=O) groups excluding carboxylic acids is 1. The van der Waals surface area contributed by atoms with Gasteiger partial charge in [-0.3, -0.25) is 4.79 Å². The first-order valence-electron chi connectivity index (χ1n) is 6.15. The van der Waals surface area contributed by atoms with Gasteiger partial charge in [-0.2, -0.15) is 0 Å². The van der Waals surface area contributed by atoms with Crippen molar-refractivity contribution in [3.05, 3.63) is 0 Å². The van der Waals surface area contributed by atoms with Gasteiger partial charge in [0.1, 0.15) is 0 Å². The Morgan fingerprint density at radius 3 is 2.81 bits per heavy atom. The van der Waals surface area contributed by atoms with Gasteiger partial charge >= 0.3 is 0 Å². The summed E-state index contributed by atoms with van der Waals surface area (Å²) in [6.45, 7) is 6.58. The van der Waals surface area contributed by atoms with Crippen LogP contribution < -0.4 is 11.1 Å². The van der Waals surface area contributed by atoms with Crippen LogP contribution in [0.4, 0.5) is 0 Å². The molecule has 1 fully saturated rings. The van der Waals surface area contributed by atoms with E-state index in [-0.39, 0.29) is 5.91 Å². The molecule has 0 bridgehead atoms. The lowest BCUT2D eigenvalue weighted by Crippen LogP contribution is -2.49. The number of nitrogens with two attached hydrogens (primary N) is 1. The Kier molecular flexibility index (Phi) is 4.74. The topological polar surface area (TPSA) is 58.4 Å². The molecule has 1 aliphatic rings. The van der Waals surface area contributed by atoms with Gasteiger partial charge in [-0.1, -0.05) is 0 Å². The molecule has 1 amide bonds. The third kappa shape index (κ3) is 4.49. The predicted molar refractivity (Wildman–Crippen MR) is 66.1 cm³/mol. The van der Waals surface area contributed by atoms with E-state index in [1.54, 1.807) is 13.8 Å². The quantitative estimate of drug-likeness (QED) is 0.738. The Bertz CT molecular complexity index is 235. The van der Waals surface area contributed by atoms with E-state index < -0.39 is 5.54 Å². The standard InChI is InChI=1S/C12H25N3O/c1-12(2,13)11(16)14-7-6-10-5-4-8-15(3)9-10/h10H,4-9,13H2,1-3H3,(H,14,16). The molecule has 0 aromatic carbocycles. The van der Waals surface area contributed by atoms with Crippen molar-refractivity contribution in [1.29, 1.82) is 0 Å². The van der Waals surface area contributed by atoms with E-state index >= 15 is 0 Å². The minimum Gasteiger partial charge on any atom is -0.355 e. The van der Waals surface area contributed by atoms with Gasteiger partial charge in [0.05, 0.1) is 5.54 Å². The highest BCUT2D eigenvalue weighted by atomic mass is 16.2. The zero-order valence-electron chi connectivity index (χ0n) is 10.8. The van der Waals surface area contributed by atoms with Crippen molar-refractivity contribution >= 4 is 5.91 Å². The molecule has 0 spiro atoms. The molecular weight excluding hydrogens is 202 g/mol. The Labute approximate surface area is 98.6 Å². The first kappa shape index (κ1) is 13.5. The van der Waals surface area contributed by atoms with Crippen molar-refractivity contribution in [1.82, 2.24) is 10.2 Å². The lowest BCUT2D eigenvalue weighted by molar-refractivity contribution is -0.125. The average molecular weight is 227 g/mol. The van der Waals surface area contributed by atoms with Crippen LogP contribution in [0.5, 0.6) is 0 Å². The van der Waals surface area contributed by atoms with Gasteiger partial charge in [-0.05, 0) is 52.6 Å².